The fraction of sp³-hybridized carbons (Fsp3) is 0.125. The largest absolute Gasteiger partial charge is 0.352 e. The zero-order valence-corrected chi connectivity index (χ0v) is 11.2. The predicted molar refractivity (Wildman–Crippen MR) is 74.8 cm³/mol. The number of aliphatic imine (C=N–C) groups is 1. The normalized spacial score (nSPS) is 16.5. The van der Waals surface area contributed by atoms with Gasteiger partial charge in [0.15, 0.2) is 5.54 Å². The molecule has 1 amide bonds. The molecule has 0 bridgehead atoms. The number of carbonyl (C=O) groups is 1. The first-order chi connectivity index (χ1) is 10.0. The van der Waals surface area contributed by atoms with E-state index in [2.05, 4.69) is 10.3 Å². The quantitative estimate of drug-likeness (QED) is 0.922. The first-order valence-electron chi connectivity index (χ1n) is 6.42. The Hall–Kier alpha value is -2.56. The van der Waals surface area contributed by atoms with Crippen molar-refractivity contribution in [1.82, 2.24) is 5.32 Å². The van der Waals surface area contributed by atoms with Crippen LogP contribution in [0, 0.1) is 11.6 Å². The van der Waals surface area contributed by atoms with E-state index in [4.69, 9.17) is 0 Å². The minimum Gasteiger partial charge on any atom is -0.352 e. The number of carbonyl (C=O) groups excluding carboxylic acids is 1. The van der Waals surface area contributed by atoms with Crippen LogP contribution in [0.2, 0.25) is 0 Å². The van der Waals surface area contributed by atoms with Crippen LogP contribution < -0.4 is 5.32 Å². The first-order valence-corrected chi connectivity index (χ1v) is 6.42. The SMILES string of the molecule is CC1=NC(=O)C(c2ccc(F)cc2)(c2ccc(F)cc2)N1. The van der Waals surface area contributed by atoms with Crippen molar-refractivity contribution >= 4 is 11.7 Å². The van der Waals surface area contributed by atoms with E-state index in [1.165, 1.54) is 48.5 Å². The third kappa shape index (κ3) is 2.11. The van der Waals surface area contributed by atoms with Gasteiger partial charge in [-0.1, -0.05) is 24.3 Å². The molecule has 1 aliphatic rings. The Morgan fingerprint density at radius 3 is 1.67 bits per heavy atom. The van der Waals surface area contributed by atoms with Gasteiger partial charge in [-0.3, -0.25) is 4.79 Å². The molecule has 1 heterocycles. The summed E-state index contributed by atoms with van der Waals surface area (Å²) in [5.41, 5.74) is -0.118. The summed E-state index contributed by atoms with van der Waals surface area (Å²) in [4.78, 5) is 16.4. The van der Waals surface area contributed by atoms with E-state index < -0.39 is 23.1 Å². The monoisotopic (exact) mass is 286 g/mol. The number of halogens is 2. The minimum atomic E-state index is -1.23. The van der Waals surface area contributed by atoms with Gasteiger partial charge in [-0.05, 0) is 42.3 Å². The molecule has 0 aliphatic carbocycles. The number of amides is 1. The Labute approximate surface area is 120 Å². The van der Waals surface area contributed by atoms with Crippen LogP contribution in [0.3, 0.4) is 0 Å². The molecule has 106 valence electrons. The number of amidine groups is 1. The molecule has 0 atom stereocenters. The lowest BCUT2D eigenvalue weighted by atomic mass is 9.82. The van der Waals surface area contributed by atoms with Crippen molar-refractivity contribution in [3.8, 4) is 0 Å². The molecule has 0 radical (unpaired) electrons. The lowest BCUT2D eigenvalue weighted by Gasteiger charge is -2.28. The average molecular weight is 286 g/mol. The van der Waals surface area contributed by atoms with Crippen molar-refractivity contribution in [2.24, 2.45) is 4.99 Å². The molecule has 21 heavy (non-hydrogen) atoms. The first kappa shape index (κ1) is 13.4. The summed E-state index contributed by atoms with van der Waals surface area (Å²) in [6.07, 6.45) is 0. The third-order valence-electron chi connectivity index (χ3n) is 3.51. The Balaban J connectivity index is 2.19. The van der Waals surface area contributed by atoms with Crippen LogP contribution in [0.4, 0.5) is 8.78 Å². The molecular weight excluding hydrogens is 274 g/mol. The summed E-state index contributed by atoms with van der Waals surface area (Å²) in [6, 6.07) is 11.2. The van der Waals surface area contributed by atoms with Crippen molar-refractivity contribution in [3.05, 3.63) is 71.3 Å². The van der Waals surface area contributed by atoms with Gasteiger partial charge in [-0.2, -0.15) is 4.99 Å². The summed E-state index contributed by atoms with van der Waals surface area (Å²) in [7, 11) is 0. The molecule has 3 nitrogen and oxygen atoms in total. The van der Waals surface area contributed by atoms with E-state index >= 15 is 0 Å². The fourth-order valence-corrected chi connectivity index (χ4v) is 2.55. The highest BCUT2D eigenvalue weighted by molar-refractivity contribution is 6.08. The standard InChI is InChI=1S/C16H12F2N2O/c1-10-19-15(21)16(20-10,11-2-6-13(17)7-3-11)12-4-8-14(18)9-5-12/h2-9H,1H3,(H,19,20,21). The van der Waals surface area contributed by atoms with E-state index in [1.807, 2.05) is 0 Å². The number of rotatable bonds is 2. The van der Waals surface area contributed by atoms with Gasteiger partial charge in [0, 0.05) is 0 Å². The van der Waals surface area contributed by atoms with Crippen molar-refractivity contribution in [2.75, 3.05) is 0 Å². The lowest BCUT2D eigenvalue weighted by Crippen LogP contribution is -2.46. The average Bonchev–Trinajstić information content (AvgIpc) is 2.76. The van der Waals surface area contributed by atoms with Crippen LogP contribution in [0.5, 0.6) is 0 Å². The molecule has 0 aromatic heterocycles. The maximum absolute atomic E-state index is 13.1. The highest BCUT2D eigenvalue weighted by atomic mass is 19.1. The summed E-state index contributed by atoms with van der Waals surface area (Å²) in [5, 5.41) is 3.04. The van der Waals surface area contributed by atoms with Crippen LogP contribution >= 0.6 is 0 Å². The van der Waals surface area contributed by atoms with Crippen molar-refractivity contribution in [2.45, 2.75) is 12.5 Å². The Bertz CT molecular complexity index is 675. The van der Waals surface area contributed by atoms with Crippen LogP contribution in [-0.4, -0.2) is 11.7 Å². The molecule has 2 aromatic rings. The van der Waals surface area contributed by atoms with E-state index in [0.29, 0.717) is 17.0 Å². The maximum atomic E-state index is 13.1. The zero-order chi connectivity index (χ0) is 15.0. The molecule has 1 N–H and O–H groups in total. The van der Waals surface area contributed by atoms with Crippen molar-refractivity contribution in [1.29, 1.82) is 0 Å². The molecule has 0 unspecified atom stereocenters. The molecule has 0 saturated carbocycles. The van der Waals surface area contributed by atoms with E-state index in [1.54, 1.807) is 6.92 Å². The van der Waals surface area contributed by atoms with Crippen LogP contribution in [0.25, 0.3) is 0 Å². The second kappa shape index (κ2) is 4.77. The van der Waals surface area contributed by atoms with E-state index in [9.17, 15) is 13.6 Å². The molecule has 5 heteroatoms. The Morgan fingerprint density at radius 2 is 1.33 bits per heavy atom. The summed E-state index contributed by atoms with van der Waals surface area (Å²) in [5.74, 6) is -0.723. The molecule has 3 rings (SSSR count). The zero-order valence-electron chi connectivity index (χ0n) is 11.2. The van der Waals surface area contributed by atoms with E-state index in [-0.39, 0.29) is 0 Å². The van der Waals surface area contributed by atoms with Crippen LogP contribution in [-0.2, 0) is 10.3 Å². The number of nitrogens with zero attached hydrogens (tertiary/aromatic N) is 1. The van der Waals surface area contributed by atoms with Crippen molar-refractivity contribution < 1.29 is 13.6 Å². The summed E-state index contributed by atoms with van der Waals surface area (Å²) in [6.45, 7) is 1.67. The topological polar surface area (TPSA) is 41.5 Å². The number of benzene rings is 2. The number of nitrogens with one attached hydrogen (secondary N) is 1. The van der Waals surface area contributed by atoms with Gasteiger partial charge >= 0.3 is 0 Å². The second-order valence-electron chi connectivity index (χ2n) is 4.89. The van der Waals surface area contributed by atoms with Gasteiger partial charge in [0.2, 0.25) is 0 Å². The number of hydrogen-bond acceptors (Lipinski definition) is 2. The molecular formula is C16H12F2N2O. The highest BCUT2D eigenvalue weighted by Crippen LogP contribution is 2.34. The second-order valence-corrected chi connectivity index (χ2v) is 4.89. The molecule has 2 aromatic carbocycles. The van der Waals surface area contributed by atoms with Crippen LogP contribution in [0.15, 0.2) is 53.5 Å². The van der Waals surface area contributed by atoms with Gasteiger partial charge in [0.1, 0.15) is 17.5 Å². The van der Waals surface area contributed by atoms with Gasteiger partial charge in [-0.15, -0.1) is 0 Å². The Kier molecular flexibility index (Phi) is 3.05. The van der Waals surface area contributed by atoms with Gasteiger partial charge in [-0.25, -0.2) is 8.78 Å². The summed E-state index contributed by atoms with van der Waals surface area (Å²) >= 11 is 0. The fourth-order valence-electron chi connectivity index (χ4n) is 2.55. The summed E-state index contributed by atoms with van der Waals surface area (Å²) < 4.78 is 26.3. The minimum absolute atomic E-state index is 0.393. The van der Waals surface area contributed by atoms with Gasteiger partial charge in [0.25, 0.3) is 5.91 Å². The highest BCUT2D eigenvalue weighted by Gasteiger charge is 2.46. The van der Waals surface area contributed by atoms with E-state index in [0.717, 1.165) is 0 Å². The molecule has 1 aliphatic heterocycles. The van der Waals surface area contributed by atoms with Crippen LogP contribution in [0.1, 0.15) is 18.1 Å². The predicted octanol–water partition coefficient (Wildman–Crippen LogP) is 2.76. The smallest absolute Gasteiger partial charge is 0.282 e. The number of hydrogen-bond donors (Lipinski definition) is 1. The molecule has 0 spiro atoms. The van der Waals surface area contributed by atoms with Gasteiger partial charge < -0.3 is 5.32 Å². The lowest BCUT2D eigenvalue weighted by molar-refractivity contribution is -0.121. The Morgan fingerprint density at radius 1 is 0.905 bits per heavy atom. The molecule has 0 fully saturated rings. The third-order valence-corrected chi connectivity index (χ3v) is 3.51. The van der Waals surface area contributed by atoms with Gasteiger partial charge in [0.05, 0.1) is 0 Å². The maximum Gasteiger partial charge on any atom is 0.282 e. The molecule has 0 saturated heterocycles. The van der Waals surface area contributed by atoms with Crippen molar-refractivity contribution in [3.63, 3.8) is 0 Å².